The topological polar surface area (TPSA) is 50.2 Å². The molecule has 0 aliphatic carbocycles. The molecule has 0 radical (unpaired) electrons. The first kappa shape index (κ1) is 33.0. The highest BCUT2D eigenvalue weighted by Gasteiger charge is 2.15. The summed E-state index contributed by atoms with van der Waals surface area (Å²) in [5, 5.41) is 3.24. The number of nitrogens with zero attached hydrogens (tertiary/aromatic N) is 3. The third kappa shape index (κ3) is 7.10. The smallest absolute Gasteiger partial charge is 0.160 e. The van der Waals surface area contributed by atoms with E-state index in [-0.39, 0.29) is 0 Å². The lowest BCUT2D eigenvalue weighted by Crippen LogP contribution is -2.10. The summed E-state index contributed by atoms with van der Waals surface area (Å²) in [7, 11) is 0. The summed E-state index contributed by atoms with van der Waals surface area (Å²) in [6.07, 6.45) is 11.0. The van der Waals surface area contributed by atoms with Crippen molar-refractivity contribution < 1.29 is 0 Å². The largest absolute Gasteiger partial charge is 0.387 e. The van der Waals surface area contributed by atoms with Crippen LogP contribution in [0.4, 0.5) is 0 Å². The molecule has 0 fully saturated rings. The molecule has 0 saturated heterocycles. The maximum Gasteiger partial charge on any atom is 0.160 e. The van der Waals surface area contributed by atoms with Crippen LogP contribution < -0.4 is 5.32 Å². The van der Waals surface area contributed by atoms with Gasteiger partial charge in [0.25, 0.3) is 0 Å². The molecule has 3 heterocycles. The van der Waals surface area contributed by atoms with Crippen LogP contribution in [0.3, 0.4) is 0 Å². The molecule has 0 spiro atoms. The quantitative estimate of drug-likeness (QED) is 0.172. The Hall–Kier alpha value is -6.91. The Morgan fingerprint density at radius 1 is 0.444 bits per heavy atom. The summed E-state index contributed by atoms with van der Waals surface area (Å²) in [6, 6.07) is 56.8. The Morgan fingerprint density at radius 3 is 1.50 bits per heavy atom. The number of aromatic nitrogens is 2. The molecule has 4 heteroatoms. The summed E-state index contributed by atoms with van der Waals surface area (Å²) in [4.78, 5) is 14.5. The number of benzene rings is 6. The van der Waals surface area contributed by atoms with E-state index in [0.717, 1.165) is 59.0 Å². The molecule has 54 heavy (non-hydrogen) atoms. The number of hydrogen-bond acceptors (Lipinski definition) is 4. The molecule has 258 valence electrons. The molecule has 2 aliphatic heterocycles. The van der Waals surface area contributed by atoms with Crippen molar-refractivity contribution in [3.63, 3.8) is 0 Å². The van der Waals surface area contributed by atoms with E-state index >= 15 is 0 Å². The molecule has 0 saturated carbocycles. The second-order valence-electron chi connectivity index (χ2n) is 13.6. The lowest BCUT2D eigenvalue weighted by atomic mass is 9.91. The molecule has 1 N–H and O–H groups in total. The van der Waals surface area contributed by atoms with E-state index in [1.54, 1.807) is 0 Å². The molecule has 0 amide bonds. The Labute approximate surface area is 316 Å². The number of aliphatic imine (C=N–C) groups is 1. The lowest BCUT2D eigenvalue weighted by molar-refractivity contribution is 0.965. The van der Waals surface area contributed by atoms with Gasteiger partial charge < -0.3 is 5.32 Å². The van der Waals surface area contributed by atoms with E-state index < -0.39 is 0 Å². The van der Waals surface area contributed by atoms with E-state index in [4.69, 9.17) is 9.97 Å². The van der Waals surface area contributed by atoms with Gasteiger partial charge in [0.15, 0.2) is 5.82 Å². The van der Waals surface area contributed by atoms with Crippen molar-refractivity contribution in [2.24, 2.45) is 4.99 Å². The normalized spacial score (nSPS) is 13.6. The average Bonchev–Trinajstić information content (AvgIpc) is 3.27. The molecular weight excluding hydrogens is 657 g/mol. The van der Waals surface area contributed by atoms with Crippen molar-refractivity contribution in [1.82, 2.24) is 15.3 Å². The van der Waals surface area contributed by atoms with Crippen LogP contribution in [0.1, 0.15) is 17.9 Å². The summed E-state index contributed by atoms with van der Waals surface area (Å²) >= 11 is 0. The first-order valence-corrected chi connectivity index (χ1v) is 18.5. The minimum atomic E-state index is 0.737. The van der Waals surface area contributed by atoms with Gasteiger partial charge in [0.1, 0.15) is 0 Å². The third-order valence-corrected chi connectivity index (χ3v) is 10.1. The first-order valence-electron chi connectivity index (χ1n) is 18.5. The van der Waals surface area contributed by atoms with Gasteiger partial charge in [0.05, 0.1) is 11.4 Å². The van der Waals surface area contributed by atoms with Gasteiger partial charge in [-0.05, 0) is 122 Å². The Kier molecular flexibility index (Phi) is 9.14. The van der Waals surface area contributed by atoms with Crippen LogP contribution >= 0.6 is 0 Å². The maximum absolute atomic E-state index is 5.08. The molecule has 7 aromatic rings. The lowest BCUT2D eigenvalue weighted by Gasteiger charge is -2.15. The van der Waals surface area contributed by atoms with Crippen molar-refractivity contribution in [3.05, 3.63) is 194 Å². The molecule has 0 atom stereocenters. The maximum atomic E-state index is 5.08. The second kappa shape index (κ2) is 15.0. The third-order valence-electron chi connectivity index (χ3n) is 10.1. The number of rotatable bonds is 8. The number of dihydropyridines is 2. The van der Waals surface area contributed by atoms with E-state index in [2.05, 4.69) is 180 Å². The predicted molar refractivity (Wildman–Crippen MR) is 226 cm³/mol. The SMILES string of the molecule is C1=CC(c2nc(C3=CC=NCC3)cc(-c3ccc(-c4cc(-c5cccc(-c6ccccc6)c5)cc(-c5cccc(-c6ccccc6)c5)c4)cc3)n2)=CCN1. The van der Waals surface area contributed by atoms with Gasteiger partial charge >= 0.3 is 0 Å². The fraction of sp³-hybridized carbons (Fsp3) is 0.0600. The summed E-state index contributed by atoms with van der Waals surface area (Å²) in [5.41, 5.74) is 16.9. The van der Waals surface area contributed by atoms with Gasteiger partial charge in [-0.1, -0.05) is 127 Å². The number of allylic oxidation sites excluding steroid dienone is 3. The van der Waals surface area contributed by atoms with Crippen LogP contribution in [0.25, 0.3) is 78.0 Å². The Morgan fingerprint density at radius 2 is 0.944 bits per heavy atom. The second-order valence-corrected chi connectivity index (χ2v) is 13.6. The van der Waals surface area contributed by atoms with Crippen molar-refractivity contribution in [2.45, 2.75) is 6.42 Å². The van der Waals surface area contributed by atoms with Gasteiger partial charge in [-0.15, -0.1) is 0 Å². The van der Waals surface area contributed by atoms with Crippen molar-refractivity contribution >= 4 is 17.4 Å². The van der Waals surface area contributed by atoms with Crippen LogP contribution in [-0.4, -0.2) is 29.3 Å². The zero-order valence-electron chi connectivity index (χ0n) is 29.9. The minimum absolute atomic E-state index is 0.737. The monoisotopic (exact) mass is 694 g/mol. The molecular formula is C50H38N4. The van der Waals surface area contributed by atoms with Crippen LogP contribution in [0.5, 0.6) is 0 Å². The zero-order chi connectivity index (χ0) is 36.1. The highest BCUT2D eigenvalue weighted by Crippen LogP contribution is 2.37. The van der Waals surface area contributed by atoms with Crippen LogP contribution in [0.2, 0.25) is 0 Å². The summed E-state index contributed by atoms with van der Waals surface area (Å²) in [6.45, 7) is 1.53. The molecule has 9 rings (SSSR count). The zero-order valence-corrected chi connectivity index (χ0v) is 29.9. The molecule has 6 aromatic carbocycles. The van der Waals surface area contributed by atoms with Crippen LogP contribution in [0.15, 0.2) is 187 Å². The standard InChI is InChI=1S/C50H38N4/c1-3-9-35(10-4-1)41-13-7-15-43(29-41)46-31-45(32-47(33-46)44-16-8-14-42(30-44)36-11-5-2-6-12-36)37-17-19-38(20-18-37)48-34-49(39-21-25-51-26-22-39)54-50(53-48)40-23-27-52-28-24-40/h1-21,23-25,27,29-34,52H,22,26,28H2. The molecule has 2 aliphatic rings. The first-order chi connectivity index (χ1) is 26.7. The fourth-order valence-electron chi connectivity index (χ4n) is 7.19. The van der Waals surface area contributed by atoms with Crippen molar-refractivity contribution in [3.8, 4) is 66.9 Å². The van der Waals surface area contributed by atoms with Gasteiger partial charge in [0.2, 0.25) is 0 Å². The highest BCUT2D eigenvalue weighted by molar-refractivity contribution is 5.87. The molecule has 0 bridgehead atoms. The molecule has 4 nitrogen and oxygen atoms in total. The van der Waals surface area contributed by atoms with E-state index in [1.807, 2.05) is 18.5 Å². The summed E-state index contributed by atoms with van der Waals surface area (Å²) < 4.78 is 0. The average molecular weight is 695 g/mol. The van der Waals surface area contributed by atoms with Gasteiger partial charge in [-0.2, -0.15) is 0 Å². The highest BCUT2D eigenvalue weighted by atomic mass is 14.9. The van der Waals surface area contributed by atoms with E-state index in [9.17, 15) is 0 Å². The van der Waals surface area contributed by atoms with E-state index in [0.29, 0.717) is 0 Å². The van der Waals surface area contributed by atoms with Gasteiger partial charge in [0, 0.05) is 30.4 Å². The molecule has 0 unspecified atom stereocenters. The molecule has 1 aromatic heterocycles. The van der Waals surface area contributed by atoms with Crippen LogP contribution in [-0.2, 0) is 0 Å². The number of nitrogens with one attached hydrogen (secondary N) is 1. The summed E-state index contributed by atoms with van der Waals surface area (Å²) in [5.74, 6) is 0.737. The van der Waals surface area contributed by atoms with E-state index in [1.165, 1.54) is 50.1 Å². The van der Waals surface area contributed by atoms with Gasteiger partial charge in [-0.3, -0.25) is 4.99 Å². The fourth-order valence-corrected chi connectivity index (χ4v) is 7.19. The van der Waals surface area contributed by atoms with Gasteiger partial charge in [-0.25, -0.2) is 9.97 Å². The van der Waals surface area contributed by atoms with Crippen molar-refractivity contribution in [2.75, 3.05) is 13.1 Å². The Balaban J connectivity index is 1.13. The number of hydrogen-bond donors (Lipinski definition) is 1. The predicted octanol–water partition coefficient (Wildman–Crippen LogP) is 11.8. The van der Waals surface area contributed by atoms with Crippen molar-refractivity contribution in [1.29, 1.82) is 0 Å². The minimum Gasteiger partial charge on any atom is -0.387 e. The van der Waals surface area contributed by atoms with Crippen LogP contribution in [0, 0.1) is 0 Å². The Bertz CT molecular complexity index is 2480.